The first-order chi connectivity index (χ1) is 9.15. The number of nitrogens with two attached hydrogens (primary N) is 1. The normalized spacial score (nSPS) is 11.1. The topological polar surface area (TPSA) is 42.2 Å². The molecule has 1 aromatic carbocycles. The van der Waals surface area contributed by atoms with Crippen molar-refractivity contribution in [1.82, 2.24) is 9.88 Å². The van der Waals surface area contributed by atoms with Crippen LogP contribution in [0.3, 0.4) is 0 Å². The third kappa shape index (κ3) is 4.33. The minimum atomic E-state index is 0.835. The fourth-order valence-corrected chi connectivity index (χ4v) is 2.90. The van der Waals surface area contributed by atoms with E-state index >= 15 is 0 Å². The maximum atomic E-state index is 5.68. The number of thiazole rings is 1. The lowest BCUT2D eigenvalue weighted by Gasteiger charge is -2.15. The van der Waals surface area contributed by atoms with E-state index in [4.69, 9.17) is 5.73 Å². The molecule has 0 spiro atoms. The SMILES string of the molecule is Cc1ncsc1CN(C)CCCc1ccc(N)cc1. The molecule has 0 fully saturated rings. The summed E-state index contributed by atoms with van der Waals surface area (Å²) in [6.45, 7) is 4.17. The van der Waals surface area contributed by atoms with Gasteiger partial charge in [0.2, 0.25) is 0 Å². The van der Waals surface area contributed by atoms with Gasteiger partial charge in [-0.2, -0.15) is 0 Å². The van der Waals surface area contributed by atoms with Gasteiger partial charge in [0.25, 0.3) is 0 Å². The zero-order valence-corrected chi connectivity index (χ0v) is 12.4. The molecule has 1 heterocycles. The van der Waals surface area contributed by atoms with Crippen LogP contribution in [0.2, 0.25) is 0 Å². The van der Waals surface area contributed by atoms with Gasteiger partial charge in [0.1, 0.15) is 0 Å². The fraction of sp³-hybridized carbons (Fsp3) is 0.400. The Kier molecular flexibility index (Phi) is 4.93. The van der Waals surface area contributed by atoms with E-state index in [2.05, 4.69) is 36.0 Å². The van der Waals surface area contributed by atoms with E-state index in [1.807, 2.05) is 17.6 Å². The summed E-state index contributed by atoms with van der Waals surface area (Å²) in [5, 5.41) is 0. The van der Waals surface area contributed by atoms with Crippen molar-refractivity contribution in [2.24, 2.45) is 0 Å². The Morgan fingerprint density at radius 1 is 1.26 bits per heavy atom. The summed E-state index contributed by atoms with van der Waals surface area (Å²) < 4.78 is 0. The van der Waals surface area contributed by atoms with Crippen LogP contribution in [-0.4, -0.2) is 23.5 Å². The number of hydrogen-bond donors (Lipinski definition) is 1. The summed E-state index contributed by atoms with van der Waals surface area (Å²) in [6.07, 6.45) is 2.27. The Labute approximate surface area is 119 Å². The van der Waals surface area contributed by atoms with Crippen molar-refractivity contribution in [3.05, 3.63) is 45.9 Å². The summed E-state index contributed by atoms with van der Waals surface area (Å²) in [5.74, 6) is 0. The highest BCUT2D eigenvalue weighted by Gasteiger charge is 2.05. The zero-order valence-electron chi connectivity index (χ0n) is 11.6. The molecule has 0 saturated carbocycles. The highest BCUT2D eigenvalue weighted by Crippen LogP contribution is 2.14. The van der Waals surface area contributed by atoms with E-state index in [0.717, 1.165) is 37.3 Å². The van der Waals surface area contributed by atoms with Gasteiger partial charge in [0.15, 0.2) is 0 Å². The maximum Gasteiger partial charge on any atom is 0.0798 e. The van der Waals surface area contributed by atoms with Gasteiger partial charge in [-0.3, -0.25) is 0 Å². The molecule has 4 heteroatoms. The molecule has 2 rings (SSSR count). The molecule has 2 aromatic rings. The molecule has 0 radical (unpaired) electrons. The first kappa shape index (κ1) is 14.0. The van der Waals surface area contributed by atoms with Crippen LogP contribution < -0.4 is 5.73 Å². The first-order valence-electron chi connectivity index (χ1n) is 6.57. The van der Waals surface area contributed by atoms with Gasteiger partial charge in [-0.25, -0.2) is 4.98 Å². The lowest BCUT2D eigenvalue weighted by molar-refractivity contribution is 0.324. The van der Waals surface area contributed by atoms with Crippen LogP contribution in [0.5, 0.6) is 0 Å². The Morgan fingerprint density at radius 2 is 2.00 bits per heavy atom. The average Bonchev–Trinajstić information content (AvgIpc) is 2.78. The van der Waals surface area contributed by atoms with Crippen molar-refractivity contribution >= 4 is 17.0 Å². The van der Waals surface area contributed by atoms with Crippen molar-refractivity contribution < 1.29 is 0 Å². The van der Waals surface area contributed by atoms with Crippen LogP contribution in [0, 0.1) is 6.92 Å². The summed E-state index contributed by atoms with van der Waals surface area (Å²) >= 11 is 1.74. The Morgan fingerprint density at radius 3 is 2.63 bits per heavy atom. The highest BCUT2D eigenvalue weighted by molar-refractivity contribution is 7.09. The lowest BCUT2D eigenvalue weighted by atomic mass is 10.1. The van der Waals surface area contributed by atoms with Gasteiger partial charge in [-0.05, 0) is 51.1 Å². The molecule has 0 unspecified atom stereocenters. The molecule has 0 atom stereocenters. The molecule has 0 bridgehead atoms. The summed E-state index contributed by atoms with van der Waals surface area (Å²) in [4.78, 5) is 8.02. The van der Waals surface area contributed by atoms with Gasteiger partial charge < -0.3 is 10.6 Å². The van der Waals surface area contributed by atoms with Gasteiger partial charge in [0.05, 0.1) is 11.2 Å². The third-order valence-electron chi connectivity index (χ3n) is 3.24. The van der Waals surface area contributed by atoms with E-state index < -0.39 is 0 Å². The van der Waals surface area contributed by atoms with Crippen LogP contribution in [0.1, 0.15) is 22.6 Å². The number of nitrogen functional groups attached to an aromatic ring is 1. The van der Waals surface area contributed by atoms with Crippen LogP contribution >= 0.6 is 11.3 Å². The molecular weight excluding hydrogens is 254 g/mol. The predicted molar refractivity (Wildman–Crippen MR) is 82.4 cm³/mol. The summed E-state index contributed by atoms with van der Waals surface area (Å²) in [6, 6.07) is 8.17. The van der Waals surface area contributed by atoms with Crippen molar-refractivity contribution in [2.45, 2.75) is 26.3 Å². The molecule has 3 nitrogen and oxygen atoms in total. The fourth-order valence-electron chi connectivity index (χ4n) is 2.04. The number of hydrogen-bond acceptors (Lipinski definition) is 4. The second-order valence-electron chi connectivity index (χ2n) is 4.94. The van der Waals surface area contributed by atoms with Gasteiger partial charge in [-0.15, -0.1) is 11.3 Å². The number of aryl methyl sites for hydroxylation is 2. The van der Waals surface area contributed by atoms with Crippen molar-refractivity contribution in [3.8, 4) is 0 Å². The summed E-state index contributed by atoms with van der Waals surface area (Å²) in [5.41, 5.74) is 11.0. The van der Waals surface area contributed by atoms with Gasteiger partial charge in [0, 0.05) is 17.1 Å². The number of anilines is 1. The quantitative estimate of drug-likeness (QED) is 0.824. The van der Waals surface area contributed by atoms with Crippen LogP contribution in [0.4, 0.5) is 5.69 Å². The van der Waals surface area contributed by atoms with E-state index in [1.165, 1.54) is 10.4 Å². The molecule has 102 valence electrons. The van der Waals surface area contributed by atoms with Crippen LogP contribution in [0.25, 0.3) is 0 Å². The number of benzene rings is 1. The standard InChI is InChI=1S/C15H21N3S/c1-12-15(19-11-17-12)10-18(2)9-3-4-13-5-7-14(16)8-6-13/h5-8,11H,3-4,9-10,16H2,1-2H3. The monoisotopic (exact) mass is 275 g/mol. The molecule has 0 aliphatic carbocycles. The molecule has 0 amide bonds. The third-order valence-corrected chi connectivity index (χ3v) is 4.16. The number of nitrogens with zero attached hydrogens (tertiary/aromatic N) is 2. The Bertz CT molecular complexity index is 504. The molecule has 2 N–H and O–H groups in total. The lowest BCUT2D eigenvalue weighted by Crippen LogP contribution is -2.19. The van der Waals surface area contributed by atoms with E-state index in [1.54, 1.807) is 11.3 Å². The number of rotatable bonds is 6. The maximum absolute atomic E-state index is 5.68. The van der Waals surface area contributed by atoms with E-state index in [9.17, 15) is 0 Å². The molecule has 0 aliphatic rings. The molecule has 0 aliphatic heterocycles. The van der Waals surface area contributed by atoms with Gasteiger partial charge >= 0.3 is 0 Å². The van der Waals surface area contributed by atoms with E-state index in [-0.39, 0.29) is 0 Å². The predicted octanol–water partition coefficient (Wildman–Crippen LogP) is 3.10. The van der Waals surface area contributed by atoms with Crippen LogP contribution in [-0.2, 0) is 13.0 Å². The highest BCUT2D eigenvalue weighted by atomic mass is 32.1. The minimum Gasteiger partial charge on any atom is -0.399 e. The van der Waals surface area contributed by atoms with Crippen molar-refractivity contribution in [1.29, 1.82) is 0 Å². The molecular formula is C15H21N3S. The van der Waals surface area contributed by atoms with E-state index in [0.29, 0.717) is 0 Å². The first-order valence-corrected chi connectivity index (χ1v) is 7.45. The molecule has 0 saturated heterocycles. The Balaban J connectivity index is 1.73. The molecule has 19 heavy (non-hydrogen) atoms. The second-order valence-corrected chi connectivity index (χ2v) is 5.88. The van der Waals surface area contributed by atoms with Crippen LogP contribution in [0.15, 0.2) is 29.8 Å². The summed E-state index contributed by atoms with van der Waals surface area (Å²) in [7, 11) is 2.17. The minimum absolute atomic E-state index is 0.835. The smallest absolute Gasteiger partial charge is 0.0798 e. The van der Waals surface area contributed by atoms with Gasteiger partial charge in [-0.1, -0.05) is 12.1 Å². The number of aromatic nitrogens is 1. The Hall–Kier alpha value is -1.39. The largest absolute Gasteiger partial charge is 0.399 e. The second kappa shape index (κ2) is 6.68. The van der Waals surface area contributed by atoms with Crippen molar-refractivity contribution in [2.75, 3.05) is 19.3 Å². The van der Waals surface area contributed by atoms with Crippen molar-refractivity contribution in [3.63, 3.8) is 0 Å². The zero-order chi connectivity index (χ0) is 13.7. The average molecular weight is 275 g/mol. The molecule has 1 aromatic heterocycles.